The standard InChI is InChI=1S/C18H14N4O/c1-12-5-2-3-7-14(12)15-11-20-22-17(23)9-16(21-18(15)22)13-6-4-8-19-10-13/h2-11,20H,1H3. The molecular weight excluding hydrogens is 288 g/mol. The molecule has 0 saturated carbocycles. The third-order valence-electron chi connectivity index (χ3n) is 3.89. The Morgan fingerprint density at radius 1 is 1.09 bits per heavy atom. The van der Waals surface area contributed by atoms with Gasteiger partial charge in [-0.2, -0.15) is 0 Å². The van der Waals surface area contributed by atoms with E-state index in [9.17, 15) is 4.79 Å². The van der Waals surface area contributed by atoms with Gasteiger partial charge < -0.3 is 0 Å². The molecule has 3 aromatic heterocycles. The molecule has 3 heterocycles. The zero-order valence-corrected chi connectivity index (χ0v) is 12.5. The summed E-state index contributed by atoms with van der Waals surface area (Å²) in [6.45, 7) is 2.04. The second kappa shape index (κ2) is 5.21. The van der Waals surface area contributed by atoms with Crippen LogP contribution in [0.2, 0.25) is 0 Å². The van der Waals surface area contributed by atoms with Crippen molar-refractivity contribution in [1.29, 1.82) is 0 Å². The highest BCUT2D eigenvalue weighted by atomic mass is 16.1. The minimum absolute atomic E-state index is 0.145. The largest absolute Gasteiger partial charge is 0.296 e. The first-order valence-corrected chi connectivity index (χ1v) is 7.31. The highest BCUT2D eigenvalue weighted by Crippen LogP contribution is 2.26. The van der Waals surface area contributed by atoms with Gasteiger partial charge in [-0.25, -0.2) is 9.50 Å². The predicted molar refractivity (Wildman–Crippen MR) is 89.2 cm³/mol. The maximum Gasteiger partial charge on any atom is 0.273 e. The highest BCUT2D eigenvalue weighted by molar-refractivity contribution is 5.80. The van der Waals surface area contributed by atoms with Gasteiger partial charge in [0.25, 0.3) is 5.56 Å². The molecule has 0 aliphatic heterocycles. The number of hydrogen-bond acceptors (Lipinski definition) is 3. The van der Waals surface area contributed by atoms with E-state index in [1.807, 2.05) is 49.5 Å². The second-order valence-corrected chi connectivity index (χ2v) is 5.38. The molecule has 0 aliphatic rings. The van der Waals surface area contributed by atoms with Gasteiger partial charge in [0.1, 0.15) is 0 Å². The first kappa shape index (κ1) is 13.5. The lowest BCUT2D eigenvalue weighted by Gasteiger charge is -2.05. The first-order chi connectivity index (χ1) is 11.2. The molecule has 0 saturated heterocycles. The quantitative estimate of drug-likeness (QED) is 0.619. The Bertz CT molecular complexity index is 1050. The Labute approximate surface area is 132 Å². The van der Waals surface area contributed by atoms with Gasteiger partial charge in [-0.1, -0.05) is 24.3 Å². The van der Waals surface area contributed by atoms with Gasteiger partial charge in [0.2, 0.25) is 0 Å². The number of nitrogens with one attached hydrogen (secondary N) is 1. The minimum Gasteiger partial charge on any atom is -0.296 e. The van der Waals surface area contributed by atoms with Gasteiger partial charge in [0.15, 0.2) is 5.65 Å². The van der Waals surface area contributed by atoms with E-state index in [4.69, 9.17) is 0 Å². The van der Waals surface area contributed by atoms with Gasteiger partial charge in [0, 0.05) is 35.8 Å². The number of benzene rings is 1. The smallest absolute Gasteiger partial charge is 0.273 e. The van der Waals surface area contributed by atoms with E-state index in [1.165, 1.54) is 10.6 Å². The Morgan fingerprint density at radius 3 is 2.74 bits per heavy atom. The van der Waals surface area contributed by atoms with Crippen LogP contribution in [0, 0.1) is 6.92 Å². The molecule has 5 nitrogen and oxygen atoms in total. The zero-order chi connectivity index (χ0) is 15.8. The number of nitrogens with zero attached hydrogens (tertiary/aromatic N) is 3. The maximum absolute atomic E-state index is 12.4. The maximum atomic E-state index is 12.4. The monoisotopic (exact) mass is 302 g/mol. The molecule has 4 rings (SSSR count). The summed E-state index contributed by atoms with van der Waals surface area (Å²) < 4.78 is 1.46. The molecule has 0 unspecified atom stereocenters. The van der Waals surface area contributed by atoms with Crippen molar-refractivity contribution in [3.05, 3.63) is 77.0 Å². The molecule has 1 aromatic carbocycles. The molecule has 112 valence electrons. The summed E-state index contributed by atoms with van der Waals surface area (Å²) in [6, 6.07) is 13.3. The SMILES string of the molecule is Cc1ccccc1-c1c[nH]n2c(=O)cc(-c3cccnc3)nc12. The average Bonchev–Trinajstić information content (AvgIpc) is 3.00. The lowest BCUT2D eigenvalue weighted by Crippen LogP contribution is -2.14. The van der Waals surface area contributed by atoms with Gasteiger partial charge >= 0.3 is 0 Å². The van der Waals surface area contributed by atoms with Crippen LogP contribution in [0.15, 0.2) is 65.8 Å². The van der Waals surface area contributed by atoms with E-state index in [0.29, 0.717) is 11.3 Å². The normalized spacial score (nSPS) is 11.0. The topological polar surface area (TPSA) is 63.0 Å². The number of rotatable bonds is 2. The van der Waals surface area contributed by atoms with Crippen molar-refractivity contribution in [2.75, 3.05) is 0 Å². The summed E-state index contributed by atoms with van der Waals surface area (Å²) >= 11 is 0. The van der Waals surface area contributed by atoms with Crippen molar-refractivity contribution in [1.82, 2.24) is 19.6 Å². The lowest BCUT2D eigenvalue weighted by atomic mass is 10.0. The van der Waals surface area contributed by atoms with Crippen LogP contribution in [0.4, 0.5) is 0 Å². The third-order valence-corrected chi connectivity index (χ3v) is 3.89. The van der Waals surface area contributed by atoms with Crippen LogP contribution < -0.4 is 5.56 Å². The van der Waals surface area contributed by atoms with Crippen LogP contribution in [-0.4, -0.2) is 19.6 Å². The summed E-state index contributed by atoms with van der Waals surface area (Å²) in [7, 11) is 0. The number of aryl methyl sites for hydroxylation is 1. The molecule has 0 radical (unpaired) electrons. The van der Waals surface area contributed by atoms with E-state index in [0.717, 1.165) is 22.3 Å². The van der Waals surface area contributed by atoms with Crippen LogP contribution in [0.1, 0.15) is 5.56 Å². The number of H-pyrrole nitrogens is 1. The van der Waals surface area contributed by atoms with Crippen LogP contribution in [0.25, 0.3) is 28.0 Å². The van der Waals surface area contributed by atoms with Crippen molar-refractivity contribution in [3.8, 4) is 22.4 Å². The van der Waals surface area contributed by atoms with E-state index < -0.39 is 0 Å². The third kappa shape index (κ3) is 2.23. The molecule has 0 spiro atoms. The molecule has 23 heavy (non-hydrogen) atoms. The number of aromatic nitrogens is 4. The summed E-state index contributed by atoms with van der Waals surface area (Å²) in [5, 5.41) is 2.99. The molecule has 0 aliphatic carbocycles. The predicted octanol–water partition coefficient (Wildman–Crippen LogP) is 3.06. The molecule has 5 heteroatoms. The minimum atomic E-state index is -0.145. The Balaban J connectivity index is 2.00. The van der Waals surface area contributed by atoms with Gasteiger partial charge in [-0.05, 0) is 30.2 Å². The molecule has 0 amide bonds. The Morgan fingerprint density at radius 2 is 1.96 bits per heavy atom. The van der Waals surface area contributed by atoms with Gasteiger partial charge in [-0.15, -0.1) is 0 Å². The van der Waals surface area contributed by atoms with Gasteiger partial charge in [0.05, 0.1) is 5.69 Å². The van der Waals surface area contributed by atoms with Crippen molar-refractivity contribution >= 4 is 5.65 Å². The summed E-state index contributed by atoms with van der Waals surface area (Å²) in [5.41, 5.74) is 5.02. The average molecular weight is 302 g/mol. The molecule has 0 bridgehead atoms. The van der Waals surface area contributed by atoms with Crippen molar-refractivity contribution in [3.63, 3.8) is 0 Å². The Kier molecular flexibility index (Phi) is 3.05. The highest BCUT2D eigenvalue weighted by Gasteiger charge is 2.13. The van der Waals surface area contributed by atoms with Crippen molar-refractivity contribution in [2.45, 2.75) is 6.92 Å². The summed E-state index contributed by atoms with van der Waals surface area (Å²) in [4.78, 5) is 21.1. The van der Waals surface area contributed by atoms with E-state index in [-0.39, 0.29) is 5.56 Å². The fourth-order valence-electron chi connectivity index (χ4n) is 2.72. The number of hydrogen-bond donors (Lipinski definition) is 1. The molecule has 0 fully saturated rings. The van der Waals surface area contributed by atoms with Crippen LogP contribution in [0.5, 0.6) is 0 Å². The number of aromatic amines is 1. The zero-order valence-electron chi connectivity index (χ0n) is 12.5. The molecule has 1 N–H and O–H groups in total. The van der Waals surface area contributed by atoms with Crippen LogP contribution in [-0.2, 0) is 0 Å². The molecule has 4 aromatic rings. The summed E-state index contributed by atoms with van der Waals surface area (Å²) in [5.74, 6) is 0. The fourth-order valence-corrected chi connectivity index (χ4v) is 2.72. The van der Waals surface area contributed by atoms with Gasteiger partial charge in [-0.3, -0.25) is 14.9 Å². The van der Waals surface area contributed by atoms with Crippen LogP contribution >= 0.6 is 0 Å². The molecule has 0 atom stereocenters. The first-order valence-electron chi connectivity index (χ1n) is 7.31. The number of pyridine rings is 1. The lowest BCUT2D eigenvalue weighted by molar-refractivity contribution is 0.901. The van der Waals surface area contributed by atoms with Crippen molar-refractivity contribution < 1.29 is 0 Å². The number of fused-ring (bicyclic) bond motifs is 1. The second-order valence-electron chi connectivity index (χ2n) is 5.38. The van der Waals surface area contributed by atoms with E-state index >= 15 is 0 Å². The van der Waals surface area contributed by atoms with E-state index in [2.05, 4.69) is 15.1 Å². The van der Waals surface area contributed by atoms with E-state index in [1.54, 1.807) is 12.4 Å². The van der Waals surface area contributed by atoms with Crippen LogP contribution in [0.3, 0.4) is 0 Å². The fraction of sp³-hybridized carbons (Fsp3) is 0.0556. The Hall–Kier alpha value is -3.21. The van der Waals surface area contributed by atoms with Crippen molar-refractivity contribution in [2.24, 2.45) is 0 Å². The summed E-state index contributed by atoms with van der Waals surface area (Å²) in [6.07, 6.45) is 5.22. The molecular formula is C18H14N4O.